The molecule has 3 nitrogen and oxygen atoms in total. The number of likely N-dealkylation sites (N-methyl/N-ethyl adjacent to an activating group) is 1. The molecule has 2 aromatic rings. The molecular weight excluding hydrogens is 246 g/mol. The molecule has 0 amide bonds. The predicted molar refractivity (Wildman–Crippen MR) is 86.0 cm³/mol. The second-order valence-corrected chi connectivity index (χ2v) is 5.96. The topological polar surface area (TPSA) is 29.9 Å². The van der Waals surface area contributed by atoms with Crippen LogP contribution in [0.1, 0.15) is 33.5 Å². The van der Waals surface area contributed by atoms with Crippen LogP contribution in [0.5, 0.6) is 0 Å². The average molecular weight is 273 g/mol. The van der Waals surface area contributed by atoms with Gasteiger partial charge in [-0.2, -0.15) is 0 Å². The molecule has 0 saturated carbocycles. The summed E-state index contributed by atoms with van der Waals surface area (Å²) in [6.07, 6.45) is 0.984. The smallest absolute Gasteiger partial charge is 0.111 e. The van der Waals surface area contributed by atoms with Crippen molar-refractivity contribution in [3.8, 4) is 0 Å². The number of imidazole rings is 1. The van der Waals surface area contributed by atoms with Crippen LogP contribution >= 0.6 is 0 Å². The Morgan fingerprint density at radius 1 is 1.20 bits per heavy atom. The maximum atomic E-state index is 4.84. The van der Waals surface area contributed by atoms with Gasteiger partial charge in [0.2, 0.25) is 0 Å². The summed E-state index contributed by atoms with van der Waals surface area (Å²) in [7, 11) is 2.06. The van der Waals surface area contributed by atoms with Crippen LogP contribution in [0.3, 0.4) is 0 Å². The summed E-state index contributed by atoms with van der Waals surface area (Å²) < 4.78 is 2.34. The number of aryl methyl sites for hydroxylation is 1. The summed E-state index contributed by atoms with van der Waals surface area (Å²) in [5.41, 5.74) is 2.36. The highest BCUT2D eigenvalue weighted by molar-refractivity contribution is 5.75. The largest absolute Gasteiger partial charge is 0.328 e. The molecule has 1 aromatic heterocycles. The van der Waals surface area contributed by atoms with E-state index in [1.165, 1.54) is 11.3 Å². The molecule has 1 N–H and O–H groups in total. The molecule has 0 fully saturated rings. The highest BCUT2D eigenvalue weighted by Gasteiger charge is 2.21. The summed E-state index contributed by atoms with van der Waals surface area (Å²) in [6.45, 7) is 10.1. The molecule has 2 atom stereocenters. The van der Waals surface area contributed by atoms with E-state index in [1.54, 1.807) is 0 Å². The highest BCUT2D eigenvalue weighted by Crippen LogP contribution is 2.21. The van der Waals surface area contributed by atoms with E-state index in [4.69, 9.17) is 4.98 Å². The number of rotatable bonds is 6. The Kier molecular flexibility index (Phi) is 4.81. The molecule has 0 aliphatic rings. The van der Waals surface area contributed by atoms with Crippen LogP contribution in [0.4, 0.5) is 0 Å². The Bertz CT molecular complexity index is 556. The van der Waals surface area contributed by atoms with Gasteiger partial charge in [0.15, 0.2) is 0 Å². The van der Waals surface area contributed by atoms with E-state index in [2.05, 4.69) is 68.9 Å². The number of nitrogens with one attached hydrogen (secondary N) is 1. The van der Waals surface area contributed by atoms with E-state index >= 15 is 0 Å². The lowest BCUT2D eigenvalue weighted by Crippen LogP contribution is -2.37. The Balaban J connectivity index is 2.32. The minimum Gasteiger partial charge on any atom is -0.328 e. The minimum absolute atomic E-state index is 0.470. The third-order valence-electron chi connectivity index (χ3n) is 4.51. The van der Waals surface area contributed by atoms with Gasteiger partial charge in [0.05, 0.1) is 11.0 Å². The van der Waals surface area contributed by atoms with Crippen LogP contribution in [0.25, 0.3) is 11.0 Å². The number of nitrogens with zero attached hydrogens (tertiary/aromatic N) is 2. The monoisotopic (exact) mass is 273 g/mol. The Labute approximate surface area is 122 Å². The maximum absolute atomic E-state index is 4.84. The first-order valence-corrected chi connectivity index (χ1v) is 7.69. The number of fused-ring (bicyclic) bond motifs is 1. The van der Waals surface area contributed by atoms with Crippen molar-refractivity contribution in [1.29, 1.82) is 0 Å². The van der Waals surface area contributed by atoms with Gasteiger partial charge in [-0.3, -0.25) is 0 Å². The van der Waals surface area contributed by atoms with Gasteiger partial charge in [0, 0.05) is 19.0 Å². The summed E-state index contributed by atoms with van der Waals surface area (Å²) in [5.74, 6) is 2.50. The van der Waals surface area contributed by atoms with Crippen LogP contribution in [-0.2, 0) is 13.0 Å². The van der Waals surface area contributed by atoms with Crippen LogP contribution in [0, 0.1) is 11.8 Å². The third kappa shape index (κ3) is 2.88. The normalized spacial score (nSPS) is 14.9. The van der Waals surface area contributed by atoms with Crippen molar-refractivity contribution in [3.63, 3.8) is 0 Å². The summed E-state index contributed by atoms with van der Waals surface area (Å²) in [6, 6.07) is 8.88. The molecule has 110 valence electrons. The van der Waals surface area contributed by atoms with Crippen LogP contribution in [0.15, 0.2) is 24.3 Å². The van der Waals surface area contributed by atoms with Crippen molar-refractivity contribution in [1.82, 2.24) is 14.9 Å². The molecule has 0 radical (unpaired) electrons. The van der Waals surface area contributed by atoms with Gasteiger partial charge >= 0.3 is 0 Å². The molecule has 0 saturated heterocycles. The maximum Gasteiger partial charge on any atom is 0.111 e. The van der Waals surface area contributed by atoms with Gasteiger partial charge in [-0.25, -0.2) is 4.98 Å². The lowest BCUT2D eigenvalue weighted by atomic mass is 9.88. The molecule has 0 spiro atoms. The fourth-order valence-electron chi connectivity index (χ4n) is 2.85. The molecule has 20 heavy (non-hydrogen) atoms. The molecule has 0 aliphatic carbocycles. The van der Waals surface area contributed by atoms with Crippen molar-refractivity contribution in [3.05, 3.63) is 30.1 Å². The standard InChI is InChI=1S/C17H27N3/c1-6-20-16-10-8-7-9-14(16)19-17(20)11-15(18-5)13(4)12(2)3/h7-10,12-13,15,18H,6,11H2,1-5H3. The summed E-state index contributed by atoms with van der Waals surface area (Å²) in [4.78, 5) is 4.84. The van der Waals surface area contributed by atoms with Crippen molar-refractivity contribution in [2.24, 2.45) is 11.8 Å². The zero-order valence-electron chi connectivity index (χ0n) is 13.4. The first-order chi connectivity index (χ1) is 9.58. The molecule has 2 unspecified atom stereocenters. The van der Waals surface area contributed by atoms with E-state index in [-0.39, 0.29) is 0 Å². The molecule has 3 heteroatoms. The van der Waals surface area contributed by atoms with Gasteiger partial charge in [0.1, 0.15) is 5.82 Å². The molecule has 0 aliphatic heterocycles. The van der Waals surface area contributed by atoms with Crippen molar-refractivity contribution >= 4 is 11.0 Å². The SMILES string of the molecule is CCn1c(CC(NC)C(C)C(C)C)nc2ccccc21. The van der Waals surface area contributed by atoms with E-state index < -0.39 is 0 Å². The Hall–Kier alpha value is -1.35. The van der Waals surface area contributed by atoms with Crippen LogP contribution in [0.2, 0.25) is 0 Å². The van der Waals surface area contributed by atoms with Crippen molar-refractivity contribution in [2.75, 3.05) is 7.05 Å². The van der Waals surface area contributed by atoms with Gasteiger partial charge < -0.3 is 9.88 Å². The zero-order valence-corrected chi connectivity index (χ0v) is 13.4. The van der Waals surface area contributed by atoms with Crippen LogP contribution in [-0.4, -0.2) is 22.6 Å². The molecule has 2 rings (SSSR count). The molecule has 0 bridgehead atoms. The minimum atomic E-state index is 0.470. The van der Waals surface area contributed by atoms with E-state index in [0.29, 0.717) is 17.9 Å². The Morgan fingerprint density at radius 3 is 2.50 bits per heavy atom. The zero-order chi connectivity index (χ0) is 14.7. The number of aromatic nitrogens is 2. The number of benzene rings is 1. The van der Waals surface area contributed by atoms with Crippen molar-refractivity contribution in [2.45, 2.75) is 46.7 Å². The van der Waals surface area contributed by atoms with Crippen LogP contribution < -0.4 is 5.32 Å². The number of hydrogen-bond acceptors (Lipinski definition) is 2. The Morgan fingerprint density at radius 2 is 1.90 bits per heavy atom. The van der Waals surface area contributed by atoms with Crippen molar-refractivity contribution < 1.29 is 0 Å². The first kappa shape index (κ1) is 15.0. The quantitative estimate of drug-likeness (QED) is 0.873. The second kappa shape index (κ2) is 6.40. The average Bonchev–Trinajstić information content (AvgIpc) is 2.80. The fraction of sp³-hybridized carbons (Fsp3) is 0.588. The molecular formula is C17H27N3. The first-order valence-electron chi connectivity index (χ1n) is 7.69. The van der Waals surface area contributed by atoms with Gasteiger partial charge in [-0.1, -0.05) is 32.9 Å². The second-order valence-electron chi connectivity index (χ2n) is 5.96. The van der Waals surface area contributed by atoms with E-state index in [0.717, 1.165) is 18.5 Å². The number of para-hydroxylation sites is 2. The molecule has 1 aromatic carbocycles. The molecule has 1 heterocycles. The predicted octanol–water partition coefficient (Wildman–Crippen LogP) is 3.48. The number of hydrogen-bond donors (Lipinski definition) is 1. The van der Waals surface area contributed by atoms with Gasteiger partial charge in [0.25, 0.3) is 0 Å². The van der Waals surface area contributed by atoms with Gasteiger partial charge in [-0.15, -0.1) is 0 Å². The van der Waals surface area contributed by atoms with E-state index in [1.807, 2.05) is 0 Å². The fourth-order valence-corrected chi connectivity index (χ4v) is 2.85. The lowest BCUT2D eigenvalue weighted by molar-refractivity contribution is 0.305. The van der Waals surface area contributed by atoms with Gasteiger partial charge in [-0.05, 0) is 37.9 Å². The van der Waals surface area contributed by atoms with E-state index in [9.17, 15) is 0 Å². The summed E-state index contributed by atoms with van der Waals surface area (Å²) >= 11 is 0. The highest BCUT2D eigenvalue weighted by atomic mass is 15.1. The lowest BCUT2D eigenvalue weighted by Gasteiger charge is -2.26. The third-order valence-corrected chi connectivity index (χ3v) is 4.51. The summed E-state index contributed by atoms with van der Waals surface area (Å²) in [5, 5.41) is 3.47.